The average molecular weight is 354 g/mol. The van der Waals surface area contributed by atoms with Gasteiger partial charge in [0.25, 0.3) is 5.91 Å². The molecule has 6 nitrogen and oxygen atoms in total. The lowest BCUT2D eigenvalue weighted by Gasteiger charge is -2.36. The van der Waals surface area contributed by atoms with Gasteiger partial charge in [-0.2, -0.15) is 0 Å². The predicted molar refractivity (Wildman–Crippen MR) is 96.8 cm³/mol. The first-order valence-corrected chi connectivity index (χ1v) is 8.47. The number of hydrogen-bond donors (Lipinski definition) is 1. The number of nitrogens with two attached hydrogens (primary N) is 1. The molecule has 0 unspecified atom stereocenters. The van der Waals surface area contributed by atoms with Crippen LogP contribution in [-0.2, 0) is 22.6 Å². The summed E-state index contributed by atoms with van der Waals surface area (Å²) in [4.78, 5) is 26.3. The van der Waals surface area contributed by atoms with Crippen molar-refractivity contribution in [3.8, 4) is 11.5 Å². The van der Waals surface area contributed by atoms with Gasteiger partial charge >= 0.3 is 0 Å². The Morgan fingerprint density at radius 2 is 1.69 bits per heavy atom. The smallest absolute Gasteiger partial charge is 0.264 e. The van der Waals surface area contributed by atoms with E-state index in [1.165, 1.54) is 4.90 Å². The molecule has 1 aliphatic heterocycles. The number of methoxy groups -OCH3 is 1. The Morgan fingerprint density at radius 1 is 1.08 bits per heavy atom. The van der Waals surface area contributed by atoms with Crippen LogP contribution in [0.25, 0.3) is 0 Å². The molecule has 0 aliphatic carbocycles. The number of hydrogen-bond acceptors (Lipinski definition) is 4. The summed E-state index contributed by atoms with van der Waals surface area (Å²) in [5.74, 6) is 0.487. The van der Waals surface area contributed by atoms with E-state index in [0.717, 1.165) is 11.1 Å². The van der Waals surface area contributed by atoms with E-state index in [-0.39, 0.29) is 5.91 Å². The number of benzene rings is 2. The molecule has 0 saturated heterocycles. The first-order valence-electron chi connectivity index (χ1n) is 8.47. The van der Waals surface area contributed by atoms with Gasteiger partial charge in [-0.3, -0.25) is 9.59 Å². The van der Waals surface area contributed by atoms with E-state index >= 15 is 0 Å². The third-order valence-corrected chi connectivity index (χ3v) is 4.58. The van der Waals surface area contributed by atoms with Crippen molar-refractivity contribution in [3.05, 3.63) is 59.7 Å². The second kappa shape index (κ2) is 7.47. The Labute approximate surface area is 152 Å². The van der Waals surface area contributed by atoms with Crippen LogP contribution in [0, 0.1) is 0 Å². The fourth-order valence-electron chi connectivity index (χ4n) is 3.15. The van der Waals surface area contributed by atoms with Gasteiger partial charge in [0.05, 0.1) is 7.11 Å². The third-order valence-electron chi connectivity index (χ3n) is 4.58. The van der Waals surface area contributed by atoms with Gasteiger partial charge in [-0.1, -0.05) is 24.3 Å². The molecule has 0 bridgehead atoms. The van der Waals surface area contributed by atoms with Gasteiger partial charge in [0.2, 0.25) is 5.91 Å². The molecule has 0 aromatic heterocycles. The molecule has 2 aromatic rings. The number of primary amides is 1. The summed E-state index contributed by atoms with van der Waals surface area (Å²) in [7, 11) is 1.58. The van der Waals surface area contributed by atoms with E-state index in [4.69, 9.17) is 15.2 Å². The number of rotatable bonds is 5. The lowest BCUT2D eigenvalue weighted by atomic mass is 9.93. The maximum atomic E-state index is 12.9. The van der Waals surface area contributed by atoms with E-state index in [1.54, 1.807) is 38.3 Å². The SMILES string of the molecule is COc1ccc(O[C@@H](C)C(=O)N2Cc3ccccc3C[C@H]2C(N)=O)cc1. The molecule has 2 amide bonds. The van der Waals surface area contributed by atoms with Gasteiger partial charge in [0, 0.05) is 13.0 Å². The number of amides is 2. The number of carbonyl (C=O) groups excluding carboxylic acids is 2. The predicted octanol–water partition coefficient (Wildman–Crippen LogP) is 1.90. The Balaban J connectivity index is 1.76. The molecule has 2 aromatic carbocycles. The van der Waals surface area contributed by atoms with Crippen LogP contribution in [0.3, 0.4) is 0 Å². The summed E-state index contributed by atoms with van der Waals surface area (Å²) in [5, 5.41) is 0. The minimum absolute atomic E-state index is 0.265. The van der Waals surface area contributed by atoms with Gasteiger partial charge < -0.3 is 20.1 Å². The molecule has 0 spiro atoms. The molecule has 0 saturated carbocycles. The summed E-state index contributed by atoms with van der Waals surface area (Å²) in [5.41, 5.74) is 7.62. The first-order chi connectivity index (χ1) is 12.5. The molecule has 1 heterocycles. The maximum absolute atomic E-state index is 12.9. The molecule has 3 rings (SSSR count). The number of fused-ring (bicyclic) bond motifs is 1. The summed E-state index contributed by atoms with van der Waals surface area (Å²) in [6.45, 7) is 2.02. The summed E-state index contributed by atoms with van der Waals surface area (Å²) < 4.78 is 10.9. The highest BCUT2D eigenvalue weighted by Crippen LogP contribution is 2.25. The fraction of sp³-hybridized carbons (Fsp3) is 0.300. The largest absolute Gasteiger partial charge is 0.497 e. The fourth-order valence-corrected chi connectivity index (χ4v) is 3.15. The monoisotopic (exact) mass is 354 g/mol. The van der Waals surface area contributed by atoms with Crippen molar-refractivity contribution in [2.24, 2.45) is 5.73 Å². The highest BCUT2D eigenvalue weighted by molar-refractivity contribution is 5.89. The quantitative estimate of drug-likeness (QED) is 0.889. The van der Waals surface area contributed by atoms with E-state index < -0.39 is 18.1 Å². The third kappa shape index (κ3) is 3.64. The van der Waals surface area contributed by atoms with Crippen molar-refractivity contribution in [1.82, 2.24) is 4.90 Å². The van der Waals surface area contributed by atoms with E-state index in [2.05, 4.69) is 0 Å². The van der Waals surface area contributed by atoms with Gasteiger partial charge in [0.1, 0.15) is 17.5 Å². The zero-order valence-electron chi connectivity index (χ0n) is 14.8. The van der Waals surface area contributed by atoms with Crippen molar-refractivity contribution >= 4 is 11.8 Å². The van der Waals surface area contributed by atoms with Crippen LogP contribution in [-0.4, -0.2) is 36.0 Å². The van der Waals surface area contributed by atoms with Crippen molar-refractivity contribution in [1.29, 1.82) is 0 Å². The minimum Gasteiger partial charge on any atom is -0.497 e. The molecule has 2 N–H and O–H groups in total. The van der Waals surface area contributed by atoms with E-state index in [1.807, 2.05) is 24.3 Å². The minimum atomic E-state index is -0.740. The summed E-state index contributed by atoms with van der Waals surface area (Å²) >= 11 is 0. The normalized spacial score (nSPS) is 17.2. The molecule has 26 heavy (non-hydrogen) atoms. The second-order valence-corrected chi connectivity index (χ2v) is 6.29. The highest BCUT2D eigenvalue weighted by atomic mass is 16.5. The Kier molecular flexibility index (Phi) is 5.11. The molecule has 0 fully saturated rings. The lowest BCUT2D eigenvalue weighted by Crippen LogP contribution is -2.54. The van der Waals surface area contributed by atoms with Crippen molar-refractivity contribution in [3.63, 3.8) is 0 Å². The van der Waals surface area contributed by atoms with Crippen LogP contribution in [0.5, 0.6) is 11.5 Å². The van der Waals surface area contributed by atoms with Crippen molar-refractivity contribution < 1.29 is 19.1 Å². The van der Waals surface area contributed by atoms with Crippen molar-refractivity contribution in [2.75, 3.05) is 7.11 Å². The summed E-state index contributed by atoms with van der Waals surface area (Å²) in [6.07, 6.45) is -0.317. The van der Waals surface area contributed by atoms with Crippen LogP contribution in [0.1, 0.15) is 18.1 Å². The molecule has 6 heteroatoms. The number of nitrogens with zero attached hydrogens (tertiary/aromatic N) is 1. The van der Waals surface area contributed by atoms with Crippen LogP contribution in [0.4, 0.5) is 0 Å². The Bertz CT molecular complexity index is 804. The Hall–Kier alpha value is -3.02. The zero-order chi connectivity index (χ0) is 18.7. The van der Waals surface area contributed by atoms with Gasteiger partial charge in [-0.15, -0.1) is 0 Å². The van der Waals surface area contributed by atoms with E-state index in [0.29, 0.717) is 24.5 Å². The molecule has 136 valence electrons. The number of ether oxygens (including phenoxy) is 2. The Morgan fingerprint density at radius 3 is 2.31 bits per heavy atom. The zero-order valence-corrected chi connectivity index (χ0v) is 14.8. The molecule has 0 radical (unpaired) electrons. The van der Waals surface area contributed by atoms with Crippen LogP contribution in [0.15, 0.2) is 48.5 Å². The molecule has 2 atom stereocenters. The van der Waals surface area contributed by atoms with Crippen LogP contribution < -0.4 is 15.2 Å². The summed E-state index contributed by atoms with van der Waals surface area (Å²) in [6, 6.07) is 14.1. The lowest BCUT2D eigenvalue weighted by molar-refractivity contribution is -0.146. The van der Waals surface area contributed by atoms with Crippen molar-refractivity contribution in [2.45, 2.75) is 32.0 Å². The standard InChI is InChI=1S/C20H22N2O4/c1-13(26-17-9-7-16(25-2)8-10-17)20(24)22-12-15-6-4-3-5-14(15)11-18(22)19(21)23/h3-10,13,18H,11-12H2,1-2H3,(H2,21,23)/t13-,18-/m0/s1. The number of carbonyl (C=O) groups is 2. The molecular weight excluding hydrogens is 332 g/mol. The molecular formula is C20H22N2O4. The van der Waals surface area contributed by atoms with Gasteiger partial charge in [-0.25, -0.2) is 0 Å². The average Bonchev–Trinajstić information content (AvgIpc) is 2.66. The molecule has 1 aliphatic rings. The highest BCUT2D eigenvalue weighted by Gasteiger charge is 2.35. The topological polar surface area (TPSA) is 81.9 Å². The van der Waals surface area contributed by atoms with Crippen LogP contribution >= 0.6 is 0 Å². The van der Waals surface area contributed by atoms with Crippen LogP contribution in [0.2, 0.25) is 0 Å². The van der Waals surface area contributed by atoms with Gasteiger partial charge in [-0.05, 0) is 42.3 Å². The second-order valence-electron chi connectivity index (χ2n) is 6.29. The van der Waals surface area contributed by atoms with E-state index in [9.17, 15) is 9.59 Å². The van der Waals surface area contributed by atoms with Gasteiger partial charge in [0.15, 0.2) is 6.10 Å². The first kappa shape index (κ1) is 17.8. The maximum Gasteiger partial charge on any atom is 0.264 e.